The van der Waals surface area contributed by atoms with E-state index in [9.17, 15) is 4.79 Å². The molecule has 1 unspecified atom stereocenters. The number of hydrogen-bond acceptors (Lipinski definition) is 4. The average Bonchev–Trinajstić information content (AvgIpc) is 3.31. The lowest BCUT2D eigenvalue weighted by Gasteiger charge is -2.15. The molecule has 2 atom stereocenters. The van der Waals surface area contributed by atoms with Crippen LogP contribution in [0.2, 0.25) is 0 Å². The number of carbonyl (C=O) groups is 1. The number of methoxy groups -OCH3 is 1. The van der Waals surface area contributed by atoms with Crippen molar-refractivity contribution in [2.75, 3.05) is 13.7 Å². The van der Waals surface area contributed by atoms with Crippen molar-refractivity contribution >= 4 is 5.97 Å². The summed E-state index contributed by atoms with van der Waals surface area (Å²) in [7, 11) is 1.39. The van der Waals surface area contributed by atoms with Gasteiger partial charge in [-0.1, -0.05) is 66.7 Å². The minimum atomic E-state index is -0.319. The van der Waals surface area contributed by atoms with Crippen LogP contribution in [0.5, 0.6) is 0 Å². The first-order valence-corrected chi connectivity index (χ1v) is 11.2. The Morgan fingerprint density at radius 1 is 0.875 bits per heavy atom. The van der Waals surface area contributed by atoms with Gasteiger partial charge in [0, 0.05) is 6.61 Å². The molecule has 4 nitrogen and oxygen atoms in total. The van der Waals surface area contributed by atoms with Gasteiger partial charge in [-0.3, -0.25) is 0 Å². The second-order valence-corrected chi connectivity index (χ2v) is 8.34. The van der Waals surface area contributed by atoms with Crippen molar-refractivity contribution in [3.8, 4) is 11.1 Å². The van der Waals surface area contributed by atoms with Gasteiger partial charge in [-0.25, -0.2) is 4.79 Å². The van der Waals surface area contributed by atoms with Crippen LogP contribution in [0.15, 0.2) is 78.9 Å². The second kappa shape index (κ2) is 11.1. The zero-order valence-electron chi connectivity index (χ0n) is 18.5. The van der Waals surface area contributed by atoms with Gasteiger partial charge in [0.1, 0.15) is 0 Å². The summed E-state index contributed by atoms with van der Waals surface area (Å²) in [5, 5.41) is 0. The van der Waals surface area contributed by atoms with Crippen LogP contribution in [-0.4, -0.2) is 25.8 Å². The Morgan fingerprint density at radius 3 is 2.41 bits per heavy atom. The highest BCUT2D eigenvalue weighted by Gasteiger charge is 2.25. The van der Waals surface area contributed by atoms with Crippen LogP contribution < -0.4 is 0 Å². The van der Waals surface area contributed by atoms with Gasteiger partial charge in [0.25, 0.3) is 0 Å². The van der Waals surface area contributed by atoms with Crippen LogP contribution in [0, 0.1) is 5.92 Å². The Labute approximate surface area is 190 Å². The molecule has 3 aromatic carbocycles. The molecule has 3 aromatic rings. The van der Waals surface area contributed by atoms with E-state index in [1.54, 1.807) is 12.1 Å². The summed E-state index contributed by atoms with van der Waals surface area (Å²) >= 11 is 0. The lowest BCUT2D eigenvalue weighted by molar-refractivity contribution is 0.0348. The summed E-state index contributed by atoms with van der Waals surface area (Å²) in [5.74, 6) is 0.208. The maximum Gasteiger partial charge on any atom is 0.337 e. The van der Waals surface area contributed by atoms with Gasteiger partial charge < -0.3 is 14.2 Å². The van der Waals surface area contributed by atoms with Crippen LogP contribution in [0.25, 0.3) is 11.1 Å². The summed E-state index contributed by atoms with van der Waals surface area (Å²) in [6.45, 7) is 1.92. The summed E-state index contributed by atoms with van der Waals surface area (Å²) in [5.41, 5.74) is 5.31. The van der Waals surface area contributed by atoms with Crippen molar-refractivity contribution in [3.63, 3.8) is 0 Å². The molecule has 0 aromatic heterocycles. The van der Waals surface area contributed by atoms with Gasteiger partial charge in [0.05, 0.1) is 32.0 Å². The topological polar surface area (TPSA) is 44.8 Å². The Kier molecular flexibility index (Phi) is 7.70. The molecule has 4 rings (SSSR count). The predicted octanol–water partition coefficient (Wildman–Crippen LogP) is 6.04. The Bertz CT molecular complexity index is 997. The molecule has 1 saturated carbocycles. The van der Waals surface area contributed by atoms with Gasteiger partial charge in [-0.15, -0.1) is 0 Å². The van der Waals surface area contributed by atoms with Crippen LogP contribution in [0.4, 0.5) is 0 Å². The molecular weight excluding hydrogens is 400 g/mol. The van der Waals surface area contributed by atoms with E-state index in [-0.39, 0.29) is 12.1 Å². The average molecular weight is 431 g/mol. The van der Waals surface area contributed by atoms with Crippen LogP contribution in [0.1, 0.15) is 40.7 Å². The summed E-state index contributed by atoms with van der Waals surface area (Å²) in [6.07, 6.45) is 3.53. The predicted molar refractivity (Wildman–Crippen MR) is 125 cm³/mol. The van der Waals surface area contributed by atoms with Crippen molar-refractivity contribution in [3.05, 3.63) is 95.6 Å². The van der Waals surface area contributed by atoms with Gasteiger partial charge in [-0.2, -0.15) is 0 Å². The number of esters is 1. The van der Waals surface area contributed by atoms with Crippen LogP contribution in [-0.2, 0) is 27.4 Å². The zero-order chi connectivity index (χ0) is 22.2. The largest absolute Gasteiger partial charge is 0.465 e. The van der Waals surface area contributed by atoms with Gasteiger partial charge >= 0.3 is 5.97 Å². The molecular formula is C28H30O4. The van der Waals surface area contributed by atoms with Crippen molar-refractivity contribution in [2.24, 2.45) is 5.92 Å². The zero-order valence-corrected chi connectivity index (χ0v) is 18.5. The fraction of sp³-hybridized carbons (Fsp3) is 0.321. The number of carbonyl (C=O) groups excluding carboxylic acids is 1. The highest BCUT2D eigenvalue weighted by atomic mass is 16.5. The minimum absolute atomic E-state index is 0.284. The van der Waals surface area contributed by atoms with Gasteiger partial charge in [0.15, 0.2) is 0 Å². The summed E-state index contributed by atoms with van der Waals surface area (Å²) in [6, 6.07) is 26.3. The molecule has 0 amide bonds. The number of ether oxygens (including phenoxy) is 3. The van der Waals surface area contributed by atoms with Gasteiger partial charge in [0.2, 0.25) is 0 Å². The molecule has 0 radical (unpaired) electrons. The quantitative estimate of drug-likeness (QED) is 0.388. The molecule has 0 N–H and O–H groups in total. The molecule has 0 bridgehead atoms. The molecule has 0 aliphatic heterocycles. The standard InChI is InChI=1S/C28H30O4/c1-30-28(29)24-14-11-21(12-15-24)18-31-19-22-13-16-26(17-22)32-20-25-9-5-6-10-27(25)23-7-3-2-4-8-23/h2-12,14-15,22,26H,13,16-20H2,1H3/t22-,26?/m0/s1. The number of benzene rings is 3. The molecule has 1 aliphatic carbocycles. The SMILES string of the molecule is COC(=O)c1ccc(COC[C@H]2CCC(OCc3ccccc3-c3ccccc3)C2)cc1. The van der Waals surface area contributed by atoms with E-state index >= 15 is 0 Å². The first-order valence-electron chi connectivity index (χ1n) is 11.2. The molecule has 32 heavy (non-hydrogen) atoms. The lowest BCUT2D eigenvalue weighted by atomic mass is 10.0. The normalized spacial score (nSPS) is 17.9. The van der Waals surface area contributed by atoms with E-state index in [0.29, 0.717) is 24.7 Å². The van der Waals surface area contributed by atoms with Crippen molar-refractivity contribution in [2.45, 2.75) is 38.6 Å². The van der Waals surface area contributed by atoms with E-state index in [1.165, 1.54) is 23.8 Å². The lowest BCUT2D eigenvalue weighted by Crippen LogP contribution is -2.11. The third-order valence-corrected chi connectivity index (χ3v) is 6.07. The summed E-state index contributed by atoms with van der Waals surface area (Å²) in [4.78, 5) is 11.5. The van der Waals surface area contributed by atoms with E-state index in [0.717, 1.165) is 31.4 Å². The highest BCUT2D eigenvalue weighted by Crippen LogP contribution is 2.30. The third kappa shape index (κ3) is 5.84. The Morgan fingerprint density at radius 2 is 1.62 bits per heavy atom. The Hall–Kier alpha value is -2.95. The highest BCUT2D eigenvalue weighted by molar-refractivity contribution is 5.89. The van der Waals surface area contributed by atoms with Crippen molar-refractivity contribution in [1.29, 1.82) is 0 Å². The fourth-order valence-corrected chi connectivity index (χ4v) is 4.28. The molecule has 0 spiro atoms. The van der Waals surface area contributed by atoms with E-state index in [2.05, 4.69) is 48.5 Å². The molecule has 0 heterocycles. The van der Waals surface area contributed by atoms with Crippen LogP contribution >= 0.6 is 0 Å². The van der Waals surface area contributed by atoms with E-state index < -0.39 is 0 Å². The van der Waals surface area contributed by atoms with Crippen molar-refractivity contribution < 1.29 is 19.0 Å². The van der Waals surface area contributed by atoms with Crippen molar-refractivity contribution in [1.82, 2.24) is 0 Å². The molecule has 0 saturated heterocycles. The maximum absolute atomic E-state index is 11.5. The van der Waals surface area contributed by atoms with E-state index in [4.69, 9.17) is 14.2 Å². The Balaban J connectivity index is 1.22. The fourth-order valence-electron chi connectivity index (χ4n) is 4.28. The number of rotatable bonds is 9. The number of hydrogen-bond donors (Lipinski definition) is 0. The van der Waals surface area contributed by atoms with E-state index in [1.807, 2.05) is 18.2 Å². The monoisotopic (exact) mass is 430 g/mol. The molecule has 1 aliphatic rings. The first kappa shape index (κ1) is 22.3. The molecule has 4 heteroatoms. The minimum Gasteiger partial charge on any atom is -0.465 e. The van der Waals surface area contributed by atoms with Gasteiger partial charge in [-0.05, 0) is 59.6 Å². The summed E-state index contributed by atoms with van der Waals surface area (Å²) < 4.78 is 17.0. The molecule has 1 fully saturated rings. The maximum atomic E-state index is 11.5. The first-order chi connectivity index (χ1) is 15.7. The smallest absolute Gasteiger partial charge is 0.337 e. The van der Waals surface area contributed by atoms with Crippen LogP contribution in [0.3, 0.4) is 0 Å². The molecule has 166 valence electrons. The second-order valence-electron chi connectivity index (χ2n) is 8.34. The third-order valence-electron chi connectivity index (χ3n) is 6.07.